The topological polar surface area (TPSA) is 78.9 Å². The van der Waals surface area contributed by atoms with Crippen LogP contribution in [0.5, 0.6) is 0 Å². The van der Waals surface area contributed by atoms with Crippen molar-refractivity contribution in [3.05, 3.63) is 122 Å². The molecule has 0 aliphatic carbocycles. The van der Waals surface area contributed by atoms with Crippen LogP contribution in [0, 0.1) is 0 Å². The molecule has 0 aromatic carbocycles. The molecule has 6 heteroatoms. The molecule has 0 aliphatic heterocycles. The van der Waals surface area contributed by atoms with Crippen LogP contribution in [0.4, 0.5) is 0 Å². The SMILES string of the molecule is CC/C=C\C/C=C\C/C=C\C/C=C\C/C=C\C/C=C\CCCCC(=O)OCC(COC(=O)CCCCCCCCCCCCCCCCCC)OC(=O)CCCCCC/C=C\C/C=C\C/C=C\C/C=C\CC. The van der Waals surface area contributed by atoms with E-state index in [2.05, 4.69) is 142 Å². The van der Waals surface area contributed by atoms with Gasteiger partial charge < -0.3 is 14.2 Å². The summed E-state index contributed by atoms with van der Waals surface area (Å²) in [6.45, 7) is 6.36. The number of hydrogen-bond acceptors (Lipinski definition) is 6. The maximum absolute atomic E-state index is 12.9. The molecule has 1 unspecified atom stereocenters. The van der Waals surface area contributed by atoms with Gasteiger partial charge in [0.25, 0.3) is 0 Å². The Morgan fingerprint density at radius 2 is 0.542 bits per heavy atom. The summed E-state index contributed by atoms with van der Waals surface area (Å²) in [5, 5.41) is 0. The molecule has 0 spiro atoms. The van der Waals surface area contributed by atoms with Crippen LogP contribution in [0.25, 0.3) is 0 Å². The first-order valence-electron chi connectivity index (χ1n) is 29.5. The highest BCUT2D eigenvalue weighted by Gasteiger charge is 2.19. The lowest BCUT2D eigenvalue weighted by Crippen LogP contribution is -2.30. The van der Waals surface area contributed by atoms with Gasteiger partial charge in [-0.1, -0.05) is 251 Å². The van der Waals surface area contributed by atoms with E-state index in [-0.39, 0.29) is 37.5 Å². The number of unbranched alkanes of at least 4 members (excludes halogenated alkanes) is 21. The summed E-state index contributed by atoms with van der Waals surface area (Å²) in [4.78, 5) is 38.2. The van der Waals surface area contributed by atoms with Crippen molar-refractivity contribution in [1.82, 2.24) is 0 Å². The summed E-state index contributed by atoms with van der Waals surface area (Å²) in [6.07, 6.45) is 81.9. The van der Waals surface area contributed by atoms with Gasteiger partial charge in [-0.2, -0.15) is 0 Å². The number of carbonyl (C=O) groups is 3. The van der Waals surface area contributed by atoms with Crippen molar-refractivity contribution in [2.45, 2.75) is 264 Å². The third kappa shape index (κ3) is 56.7. The summed E-state index contributed by atoms with van der Waals surface area (Å²) in [5.74, 6) is -0.970. The molecule has 0 radical (unpaired) electrons. The Morgan fingerprint density at radius 1 is 0.292 bits per heavy atom. The maximum atomic E-state index is 12.9. The first kappa shape index (κ1) is 67.8. The van der Waals surface area contributed by atoms with E-state index in [1.165, 1.54) is 83.5 Å². The van der Waals surface area contributed by atoms with E-state index >= 15 is 0 Å². The molecule has 0 aromatic heterocycles. The largest absolute Gasteiger partial charge is 0.462 e. The van der Waals surface area contributed by atoms with Gasteiger partial charge >= 0.3 is 17.9 Å². The quantitative estimate of drug-likeness (QED) is 0.0261. The van der Waals surface area contributed by atoms with Crippen molar-refractivity contribution in [3.8, 4) is 0 Å². The highest BCUT2D eigenvalue weighted by Crippen LogP contribution is 2.15. The molecule has 0 aliphatic rings. The van der Waals surface area contributed by atoms with Crippen LogP contribution in [-0.4, -0.2) is 37.2 Å². The molecular weight excluding hydrogens is 889 g/mol. The van der Waals surface area contributed by atoms with Gasteiger partial charge in [0, 0.05) is 19.3 Å². The van der Waals surface area contributed by atoms with Gasteiger partial charge in [0.2, 0.25) is 0 Å². The van der Waals surface area contributed by atoms with Crippen molar-refractivity contribution >= 4 is 17.9 Å². The van der Waals surface area contributed by atoms with Gasteiger partial charge in [0.05, 0.1) is 0 Å². The number of esters is 3. The molecule has 0 heterocycles. The molecule has 0 rings (SSSR count). The van der Waals surface area contributed by atoms with E-state index in [1.807, 2.05) is 0 Å². The van der Waals surface area contributed by atoms with Crippen LogP contribution < -0.4 is 0 Å². The zero-order valence-corrected chi connectivity index (χ0v) is 46.7. The Morgan fingerprint density at radius 3 is 0.875 bits per heavy atom. The fourth-order valence-corrected chi connectivity index (χ4v) is 7.85. The third-order valence-electron chi connectivity index (χ3n) is 12.2. The lowest BCUT2D eigenvalue weighted by molar-refractivity contribution is -0.167. The van der Waals surface area contributed by atoms with Crippen molar-refractivity contribution in [2.24, 2.45) is 0 Å². The molecule has 0 saturated carbocycles. The number of allylic oxidation sites excluding steroid dienone is 20. The van der Waals surface area contributed by atoms with Crippen LogP contribution in [-0.2, 0) is 28.6 Å². The Labute approximate surface area is 443 Å². The number of ether oxygens (including phenoxy) is 3. The third-order valence-corrected chi connectivity index (χ3v) is 12.2. The zero-order valence-electron chi connectivity index (χ0n) is 46.7. The molecule has 0 bridgehead atoms. The molecule has 0 fully saturated rings. The van der Waals surface area contributed by atoms with Gasteiger partial charge in [0.1, 0.15) is 13.2 Å². The maximum Gasteiger partial charge on any atom is 0.306 e. The van der Waals surface area contributed by atoms with Crippen molar-refractivity contribution in [2.75, 3.05) is 13.2 Å². The summed E-state index contributed by atoms with van der Waals surface area (Å²) in [5.41, 5.74) is 0. The monoisotopic (exact) mass is 997 g/mol. The highest BCUT2D eigenvalue weighted by molar-refractivity contribution is 5.71. The standard InChI is InChI=1S/C66H108O6/c1-4-7-10-13-16-19-22-25-28-31-32-33-34-36-38-41-44-47-50-53-56-59-65(68)71-62-63(61-70-64(67)58-55-52-49-46-43-40-37-30-27-24-21-18-15-12-9-6-3)72-66(69)60-57-54-51-48-45-42-39-35-29-26-23-20-17-14-11-8-5-2/h7-8,10-11,16-17,19-20,25-26,28-29,32-33,36,38-39,42,44,47,63H,4-6,9,12-15,18,21-24,27,30-31,34-35,37,40-41,43,45-46,48-62H2,1-3H3/b10-7-,11-8-,19-16-,20-17-,28-25-,29-26-,33-32-,38-36-,42-39-,47-44-. The number of carbonyl (C=O) groups excluding carboxylic acids is 3. The summed E-state index contributed by atoms with van der Waals surface area (Å²) in [7, 11) is 0. The molecule has 6 nitrogen and oxygen atoms in total. The Kier molecular flexibility index (Phi) is 55.9. The van der Waals surface area contributed by atoms with Crippen LogP contribution in [0.15, 0.2) is 122 Å². The predicted octanol–water partition coefficient (Wildman–Crippen LogP) is 20.0. The van der Waals surface area contributed by atoms with Crippen molar-refractivity contribution in [3.63, 3.8) is 0 Å². The average Bonchev–Trinajstić information content (AvgIpc) is 3.38. The minimum atomic E-state index is -0.812. The van der Waals surface area contributed by atoms with Crippen LogP contribution >= 0.6 is 0 Å². The van der Waals surface area contributed by atoms with Gasteiger partial charge in [0.15, 0.2) is 6.10 Å². The summed E-state index contributed by atoms with van der Waals surface area (Å²) < 4.78 is 16.8. The van der Waals surface area contributed by atoms with Gasteiger partial charge in [-0.3, -0.25) is 14.4 Å². The van der Waals surface area contributed by atoms with Crippen LogP contribution in [0.2, 0.25) is 0 Å². The second-order valence-electron chi connectivity index (χ2n) is 19.1. The Hall–Kier alpha value is -4.19. The molecule has 1 atom stereocenters. The Balaban J connectivity index is 4.51. The Bertz CT molecular complexity index is 1520. The minimum absolute atomic E-state index is 0.103. The number of rotatable bonds is 52. The molecule has 0 amide bonds. The average molecular weight is 998 g/mol. The fourth-order valence-electron chi connectivity index (χ4n) is 7.85. The zero-order chi connectivity index (χ0) is 52.2. The van der Waals surface area contributed by atoms with Crippen LogP contribution in [0.1, 0.15) is 258 Å². The van der Waals surface area contributed by atoms with Gasteiger partial charge in [-0.15, -0.1) is 0 Å². The first-order chi connectivity index (χ1) is 35.5. The van der Waals surface area contributed by atoms with E-state index in [9.17, 15) is 14.4 Å². The first-order valence-corrected chi connectivity index (χ1v) is 29.5. The van der Waals surface area contributed by atoms with E-state index in [0.29, 0.717) is 19.3 Å². The van der Waals surface area contributed by atoms with Gasteiger partial charge in [-0.05, 0) is 109 Å². The minimum Gasteiger partial charge on any atom is -0.462 e. The molecule has 408 valence electrons. The van der Waals surface area contributed by atoms with E-state index in [1.54, 1.807) is 0 Å². The number of hydrogen-bond donors (Lipinski definition) is 0. The van der Waals surface area contributed by atoms with Crippen molar-refractivity contribution < 1.29 is 28.6 Å². The lowest BCUT2D eigenvalue weighted by atomic mass is 10.0. The molecular formula is C66H108O6. The predicted molar refractivity (Wildman–Crippen MR) is 311 cm³/mol. The van der Waals surface area contributed by atoms with E-state index < -0.39 is 6.10 Å². The summed E-state index contributed by atoms with van der Waals surface area (Å²) >= 11 is 0. The van der Waals surface area contributed by atoms with Crippen molar-refractivity contribution in [1.29, 1.82) is 0 Å². The second-order valence-corrected chi connectivity index (χ2v) is 19.1. The van der Waals surface area contributed by atoms with E-state index in [0.717, 1.165) is 128 Å². The normalized spacial score (nSPS) is 13.0. The molecule has 0 saturated heterocycles. The molecule has 72 heavy (non-hydrogen) atoms. The van der Waals surface area contributed by atoms with Crippen LogP contribution in [0.3, 0.4) is 0 Å². The second kappa shape index (κ2) is 59.4. The van der Waals surface area contributed by atoms with E-state index in [4.69, 9.17) is 14.2 Å². The molecule has 0 N–H and O–H groups in total. The highest BCUT2D eigenvalue weighted by atomic mass is 16.6. The van der Waals surface area contributed by atoms with Gasteiger partial charge in [-0.25, -0.2) is 0 Å². The smallest absolute Gasteiger partial charge is 0.306 e. The summed E-state index contributed by atoms with van der Waals surface area (Å²) in [6, 6.07) is 0. The lowest BCUT2D eigenvalue weighted by Gasteiger charge is -2.18. The fraction of sp³-hybridized carbons (Fsp3) is 0.652. The molecule has 0 aromatic rings.